The van der Waals surface area contributed by atoms with E-state index in [1.807, 2.05) is 4.90 Å². The van der Waals surface area contributed by atoms with Gasteiger partial charge in [0, 0.05) is 31.9 Å². The van der Waals surface area contributed by atoms with Gasteiger partial charge in [-0.3, -0.25) is 14.5 Å². The number of nitrogens with zero attached hydrogens (tertiary/aromatic N) is 3. The molecule has 4 rings (SSSR count). The minimum absolute atomic E-state index is 0.0636. The van der Waals surface area contributed by atoms with Crippen molar-refractivity contribution in [3.05, 3.63) is 54.3 Å². The molecule has 2 aromatic carbocycles. The number of hydrogen-bond donors (Lipinski definition) is 0. The number of hydrogen-bond acceptors (Lipinski definition) is 6. The molecule has 2 fully saturated rings. The second-order valence-corrected chi connectivity index (χ2v) is 9.96. The molecule has 9 heteroatoms. The maximum atomic E-state index is 13.2. The summed E-state index contributed by atoms with van der Waals surface area (Å²) >= 11 is 0. The number of halogens is 1. The highest BCUT2D eigenvalue weighted by molar-refractivity contribution is 7.91. The Labute approximate surface area is 181 Å². The van der Waals surface area contributed by atoms with Crippen molar-refractivity contribution >= 4 is 33.0 Å². The smallest absolute Gasteiger partial charge is 0.251 e. The van der Waals surface area contributed by atoms with Crippen LogP contribution in [0.2, 0.25) is 0 Å². The molecule has 2 aliphatic rings. The van der Waals surface area contributed by atoms with Crippen LogP contribution in [0.5, 0.6) is 0 Å². The van der Waals surface area contributed by atoms with Gasteiger partial charge in [0.25, 0.3) is 5.91 Å². The van der Waals surface area contributed by atoms with Crippen LogP contribution in [0.4, 0.5) is 15.8 Å². The molecule has 0 aromatic heterocycles. The van der Waals surface area contributed by atoms with E-state index >= 15 is 0 Å². The maximum absolute atomic E-state index is 13.2. The van der Waals surface area contributed by atoms with E-state index in [1.165, 1.54) is 24.3 Å². The lowest BCUT2D eigenvalue weighted by atomic mass is 10.1. The van der Waals surface area contributed by atoms with E-state index in [9.17, 15) is 22.4 Å². The van der Waals surface area contributed by atoms with Crippen LogP contribution in [-0.2, 0) is 19.4 Å². The lowest BCUT2D eigenvalue weighted by Crippen LogP contribution is -2.52. The van der Waals surface area contributed by atoms with Crippen LogP contribution in [-0.4, -0.2) is 63.1 Å². The van der Waals surface area contributed by atoms with Gasteiger partial charge in [0.2, 0.25) is 5.91 Å². The molecule has 0 radical (unpaired) electrons. The quantitative estimate of drug-likeness (QED) is 0.656. The van der Waals surface area contributed by atoms with Crippen LogP contribution in [0.25, 0.3) is 0 Å². The molecule has 0 aliphatic carbocycles. The molecule has 164 valence electrons. The summed E-state index contributed by atoms with van der Waals surface area (Å²) in [7, 11) is -3.23. The van der Waals surface area contributed by atoms with Crippen molar-refractivity contribution < 1.29 is 22.4 Å². The zero-order chi connectivity index (χ0) is 22.2. The lowest BCUT2D eigenvalue weighted by molar-refractivity contribution is -0.123. The molecule has 2 aliphatic heterocycles. The molecule has 2 saturated heterocycles. The fraction of sp³-hybridized carbons (Fsp3) is 0.364. The van der Waals surface area contributed by atoms with Crippen LogP contribution in [0.15, 0.2) is 53.4 Å². The van der Waals surface area contributed by atoms with Gasteiger partial charge in [-0.25, -0.2) is 17.7 Å². The van der Waals surface area contributed by atoms with Gasteiger partial charge in [-0.2, -0.15) is 0 Å². The van der Waals surface area contributed by atoms with Crippen molar-refractivity contribution in [1.29, 1.82) is 0 Å². The molecule has 7 nitrogen and oxygen atoms in total. The Morgan fingerprint density at radius 3 is 2.06 bits per heavy atom. The molecule has 2 amide bonds. The van der Waals surface area contributed by atoms with E-state index < -0.39 is 21.7 Å². The molecule has 0 unspecified atom stereocenters. The number of carbonyl (C=O) groups excluding carboxylic acids is 2. The summed E-state index contributed by atoms with van der Waals surface area (Å²) in [4.78, 5) is 31.0. The number of amides is 2. The predicted molar refractivity (Wildman–Crippen MR) is 115 cm³/mol. The summed E-state index contributed by atoms with van der Waals surface area (Å²) in [6.07, 6.45) is 0.111. The fourth-order valence-electron chi connectivity index (χ4n) is 4.09. The van der Waals surface area contributed by atoms with Crippen molar-refractivity contribution in [1.82, 2.24) is 4.90 Å². The first kappa shape index (κ1) is 21.5. The predicted octanol–water partition coefficient (Wildman–Crippen LogP) is 2.07. The number of piperazine rings is 1. The van der Waals surface area contributed by atoms with E-state index in [0.29, 0.717) is 36.8 Å². The fourth-order valence-corrected chi connectivity index (χ4v) is 4.97. The summed E-state index contributed by atoms with van der Waals surface area (Å²) in [5.74, 6) is -0.916. The van der Waals surface area contributed by atoms with Gasteiger partial charge >= 0.3 is 0 Å². The average Bonchev–Trinajstić information content (AvgIpc) is 3.08. The van der Waals surface area contributed by atoms with E-state index in [-0.39, 0.29) is 24.0 Å². The zero-order valence-corrected chi connectivity index (χ0v) is 18.0. The standard InChI is InChI=1S/C22H24FN3O4S/c1-2-31(29,30)19-9-7-17(8-10-19)24-11-13-25(14-12-24)20-15-21(27)26(22(20)28)18-5-3-16(23)4-6-18/h3-10,20H,2,11-15H2,1H3/t20-/m0/s1. The number of benzene rings is 2. The molecule has 1 atom stereocenters. The number of sulfone groups is 1. The van der Waals surface area contributed by atoms with Gasteiger partial charge in [-0.15, -0.1) is 0 Å². The first-order chi connectivity index (χ1) is 14.8. The van der Waals surface area contributed by atoms with Crippen LogP contribution in [0.3, 0.4) is 0 Å². The molecule has 0 bridgehead atoms. The summed E-state index contributed by atoms with van der Waals surface area (Å²) in [6.45, 7) is 4.16. The van der Waals surface area contributed by atoms with Crippen molar-refractivity contribution in [2.24, 2.45) is 0 Å². The second-order valence-electron chi connectivity index (χ2n) is 7.68. The number of imide groups is 1. The number of carbonyl (C=O) groups is 2. The number of anilines is 2. The van der Waals surface area contributed by atoms with Crippen LogP contribution in [0, 0.1) is 5.82 Å². The van der Waals surface area contributed by atoms with Crippen LogP contribution in [0.1, 0.15) is 13.3 Å². The summed E-state index contributed by atoms with van der Waals surface area (Å²) in [5.41, 5.74) is 1.32. The molecule has 2 heterocycles. The van der Waals surface area contributed by atoms with Gasteiger partial charge in [0.1, 0.15) is 5.82 Å². The van der Waals surface area contributed by atoms with Crippen molar-refractivity contribution in [3.8, 4) is 0 Å². The van der Waals surface area contributed by atoms with Crippen molar-refractivity contribution in [3.63, 3.8) is 0 Å². The van der Waals surface area contributed by atoms with Crippen LogP contribution < -0.4 is 9.80 Å². The highest BCUT2D eigenvalue weighted by atomic mass is 32.2. The molecule has 2 aromatic rings. The SMILES string of the molecule is CCS(=O)(=O)c1ccc(N2CCN([C@H]3CC(=O)N(c4ccc(F)cc4)C3=O)CC2)cc1. The van der Waals surface area contributed by atoms with E-state index in [1.54, 1.807) is 31.2 Å². The van der Waals surface area contributed by atoms with E-state index in [0.717, 1.165) is 10.6 Å². The second kappa shape index (κ2) is 8.39. The molecular formula is C22H24FN3O4S. The Hall–Kier alpha value is -2.78. The normalized spacial score (nSPS) is 20.5. The minimum Gasteiger partial charge on any atom is -0.369 e. The zero-order valence-electron chi connectivity index (χ0n) is 17.2. The van der Waals surface area contributed by atoms with Gasteiger partial charge < -0.3 is 4.90 Å². The highest BCUT2D eigenvalue weighted by Crippen LogP contribution is 2.27. The van der Waals surface area contributed by atoms with Gasteiger partial charge in [0.15, 0.2) is 9.84 Å². The van der Waals surface area contributed by atoms with E-state index in [4.69, 9.17) is 0 Å². The third kappa shape index (κ3) is 4.20. The molecular weight excluding hydrogens is 421 g/mol. The van der Waals surface area contributed by atoms with Gasteiger partial charge in [-0.1, -0.05) is 6.92 Å². The first-order valence-corrected chi connectivity index (χ1v) is 11.9. The van der Waals surface area contributed by atoms with Gasteiger partial charge in [0.05, 0.1) is 28.8 Å². The van der Waals surface area contributed by atoms with Crippen molar-refractivity contribution in [2.45, 2.75) is 24.3 Å². The maximum Gasteiger partial charge on any atom is 0.251 e. The largest absolute Gasteiger partial charge is 0.369 e. The topological polar surface area (TPSA) is 78.0 Å². The summed E-state index contributed by atoms with van der Waals surface area (Å²) < 4.78 is 37.1. The lowest BCUT2D eigenvalue weighted by Gasteiger charge is -2.38. The molecule has 0 spiro atoms. The number of rotatable bonds is 5. The average molecular weight is 446 g/mol. The summed E-state index contributed by atoms with van der Waals surface area (Å²) in [6, 6.07) is 11.7. The molecule has 0 saturated carbocycles. The van der Waals surface area contributed by atoms with Crippen molar-refractivity contribution in [2.75, 3.05) is 41.7 Å². The third-order valence-corrected chi connectivity index (χ3v) is 7.65. The Bertz CT molecular complexity index is 1080. The van der Waals surface area contributed by atoms with E-state index in [2.05, 4.69) is 4.90 Å². The third-order valence-electron chi connectivity index (χ3n) is 5.90. The van der Waals surface area contributed by atoms with Gasteiger partial charge in [-0.05, 0) is 48.5 Å². The van der Waals surface area contributed by atoms with Crippen LogP contribution >= 0.6 is 0 Å². The molecule has 31 heavy (non-hydrogen) atoms. The Morgan fingerprint density at radius 1 is 0.903 bits per heavy atom. The minimum atomic E-state index is -3.23. The first-order valence-electron chi connectivity index (χ1n) is 10.2. The Kier molecular flexibility index (Phi) is 5.81. The molecule has 0 N–H and O–H groups in total. The summed E-state index contributed by atoms with van der Waals surface area (Å²) in [5, 5.41) is 0. The Balaban J connectivity index is 1.40. The highest BCUT2D eigenvalue weighted by Gasteiger charge is 2.43. The Morgan fingerprint density at radius 2 is 1.48 bits per heavy atom. The monoisotopic (exact) mass is 445 g/mol.